The fourth-order valence-electron chi connectivity index (χ4n) is 4.31. The molecule has 0 spiro atoms. The summed E-state index contributed by atoms with van der Waals surface area (Å²) in [5.74, 6) is -1.60. The lowest BCUT2D eigenvalue weighted by atomic mass is 9.91. The molecule has 0 bridgehead atoms. The number of nitro groups is 2. The normalized spacial score (nSPS) is 17.7. The minimum absolute atomic E-state index is 0.215. The van der Waals surface area contributed by atoms with Crippen molar-refractivity contribution in [1.29, 1.82) is 0 Å². The summed E-state index contributed by atoms with van der Waals surface area (Å²) >= 11 is 0. The quantitative estimate of drug-likeness (QED) is 0.309. The summed E-state index contributed by atoms with van der Waals surface area (Å²) < 4.78 is 44.6. The fourth-order valence-corrected chi connectivity index (χ4v) is 4.31. The van der Waals surface area contributed by atoms with Crippen LogP contribution in [0.1, 0.15) is 36.2 Å². The van der Waals surface area contributed by atoms with Crippen LogP contribution in [0.2, 0.25) is 0 Å². The number of hydrogen-bond acceptors (Lipinski definition) is 8. The molecular formula is C23H23F3N4O7. The summed E-state index contributed by atoms with van der Waals surface area (Å²) in [4.78, 5) is 47.3. The van der Waals surface area contributed by atoms with Crippen molar-refractivity contribution in [1.82, 2.24) is 0 Å². The van der Waals surface area contributed by atoms with Gasteiger partial charge in [0.25, 0.3) is 17.3 Å². The summed E-state index contributed by atoms with van der Waals surface area (Å²) in [6, 6.07) is 5.52. The van der Waals surface area contributed by atoms with Gasteiger partial charge in [0.2, 0.25) is 0 Å². The van der Waals surface area contributed by atoms with Gasteiger partial charge in [-0.2, -0.15) is 13.2 Å². The maximum atomic E-state index is 13.3. The van der Waals surface area contributed by atoms with E-state index in [2.05, 4.69) is 0 Å². The van der Waals surface area contributed by atoms with Crippen LogP contribution in [0.3, 0.4) is 0 Å². The number of non-ortho nitro benzene ring substituents is 1. The van der Waals surface area contributed by atoms with E-state index < -0.39 is 51.4 Å². The zero-order valence-corrected chi connectivity index (χ0v) is 19.8. The molecular weight excluding hydrogens is 501 g/mol. The highest BCUT2D eigenvalue weighted by Gasteiger charge is 2.36. The van der Waals surface area contributed by atoms with E-state index in [-0.39, 0.29) is 17.3 Å². The molecule has 1 fully saturated rings. The molecule has 0 aromatic heterocycles. The molecule has 11 nitrogen and oxygen atoms in total. The topological polar surface area (TPSA) is 145 Å². The lowest BCUT2D eigenvalue weighted by Crippen LogP contribution is -2.39. The molecule has 1 heterocycles. The summed E-state index contributed by atoms with van der Waals surface area (Å²) in [7, 11) is 0. The molecule has 2 atom stereocenters. The van der Waals surface area contributed by atoms with Crippen molar-refractivity contribution >= 4 is 34.6 Å². The number of benzene rings is 2. The van der Waals surface area contributed by atoms with Crippen molar-refractivity contribution in [3.05, 3.63) is 67.8 Å². The van der Waals surface area contributed by atoms with Gasteiger partial charge in [0.1, 0.15) is 5.69 Å². The number of ether oxygens (including phenoxy) is 1. The number of anilines is 2. The van der Waals surface area contributed by atoms with E-state index in [1.54, 1.807) is 0 Å². The second-order valence-electron chi connectivity index (χ2n) is 8.92. The van der Waals surface area contributed by atoms with E-state index in [0.717, 1.165) is 18.6 Å². The molecule has 0 aliphatic carbocycles. The van der Waals surface area contributed by atoms with Crippen LogP contribution in [-0.2, 0) is 15.7 Å². The highest BCUT2D eigenvalue weighted by molar-refractivity contribution is 5.96. The van der Waals surface area contributed by atoms with Crippen molar-refractivity contribution in [3.8, 4) is 0 Å². The number of esters is 1. The maximum Gasteiger partial charge on any atom is 0.418 e. The van der Waals surface area contributed by atoms with Gasteiger partial charge in [0.15, 0.2) is 6.61 Å². The summed E-state index contributed by atoms with van der Waals surface area (Å²) in [6.45, 7) is 4.30. The van der Waals surface area contributed by atoms with Crippen LogP contribution in [-0.4, -0.2) is 41.4 Å². The van der Waals surface area contributed by atoms with E-state index in [9.17, 15) is 43.0 Å². The molecule has 1 amide bonds. The van der Waals surface area contributed by atoms with Gasteiger partial charge in [-0.05, 0) is 36.5 Å². The number of nitrogens with zero attached hydrogens (tertiary/aromatic N) is 3. The van der Waals surface area contributed by atoms with Crippen molar-refractivity contribution in [2.75, 3.05) is 29.9 Å². The average molecular weight is 524 g/mol. The van der Waals surface area contributed by atoms with Crippen LogP contribution in [0.4, 0.5) is 35.9 Å². The predicted molar refractivity (Wildman–Crippen MR) is 125 cm³/mol. The van der Waals surface area contributed by atoms with E-state index >= 15 is 0 Å². The molecule has 198 valence electrons. The molecule has 1 aliphatic rings. The smallest absolute Gasteiger partial charge is 0.418 e. The van der Waals surface area contributed by atoms with E-state index in [0.29, 0.717) is 36.7 Å². The molecule has 37 heavy (non-hydrogen) atoms. The van der Waals surface area contributed by atoms with E-state index in [4.69, 9.17) is 4.74 Å². The van der Waals surface area contributed by atoms with Gasteiger partial charge in [-0.3, -0.25) is 25.0 Å². The Morgan fingerprint density at radius 3 is 2.27 bits per heavy atom. The minimum Gasteiger partial charge on any atom is -0.452 e. The SMILES string of the molecule is C[C@@H]1C[C@H](C)CN(c2ccc(C(=O)OCC(=O)Nc3ccc([N+](=O)[O-])cc3C(F)(F)F)cc2[N+](=O)[O-])C1. The number of nitro benzene ring substituents is 2. The summed E-state index contributed by atoms with van der Waals surface area (Å²) in [6.07, 6.45) is -4.02. The Bertz CT molecular complexity index is 1230. The molecule has 0 unspecified atom stereocenters. The Morgan fingerprint density at radius 2 is 1.70 bits per heavy atom. The van der Waals surface area contributed by atoms with Gasteiger partial charge in [0.05, 0.1) is 26.7 Å². The molecule has 2 aromatic rings. The summed E-state index contributed by atoms with van der Waals surface area (Å²) in [5.41, 5.74) is -3.22. The third kappa shape index (κ3) is 6.71. The molecule has 3 rings (SSSR count). The molecule has 1 N–H and O–H groups in total. The monoisotopic (exact) mass is 524 g/mol. The van der Waals surface area contributed by atoms with Gasteiger partial charge in [0, 0.05) is 31.3 Å². The third-order valence-electron chi connectivity index (χ3n) is 5.75. The number of carbonyl (C=O) groups is 2. The number of alkyl halides is 3. The predicted octanol–water partition coefficient (Wildman–Crippen LogP) is 4.80. The number of amides is 1. The molecule has 2 aromatic carbocycles. The molecule has 0 radical (unpaired) electrons. The van der Waals surface area contributed by atoms with Gasteiger partial charge in [-0.15, -0.1) is 0 Å². The molecule has 1 aliphatic heterocycles. The van der Waals surface area contributed by atoms with Crippen LogP contribution < -0.4 is 10.2 Å². The summed E-state index contributed by atoms with van der Waals surface area (Å²) in [5, 5.41) is 24.4. The first-order valence-corrected chi connectivity index (χ1v) is 11.1. The highest BCUT2D eigenvalue weighted by Crippen LogP contribution is 2.37. The van der Waals surface area contributed by atoms with Crippen molar-refractivity contribution < 1.29 is 37.3 Å². The number of rotatable bonds is 7. The van der Waals surface area contributed by atoms with Crippen LogP contribution in [0.15, 0.2) is 36.4 Å². The van der Waals surface area contributed by atoms with Crippen molar-refractivity contribution in [2.24, 2.45) is 11.8 Å². The second-order valence-corrected chi connectivity index (χ2v) is 8.92. The first-order chi connectivity index (χ1) is 17.3. The van der Waals surface area contributed by atoms with Gasteiger partial charge in [-0.25, -0.2) is 4.79 Å². The Kier molecular flexibility index (Phi) is 7.99. The lowest BCUT2D eigenvalue weighted by Gasteiger charge is -2.36. The lowest BCUT2D eigenvalue weighted by molar-refractivity contribution is -0.385. The minimum atomic E-state index is -5.00. The third-order valence-corrected chi connectivity index (χ3v) is 5.75. The van der Waals surface area contributed by atoms with Crippen molar-refractivity contribution in [2.45, 2.75) is 26.4 Å². The first-order valence-electron chi connectivity index (χ1n) is 11.1. The van der Waals surface area contributed by atoms with E-state index in [1.807, 2.05) is 24.1 Å². The second kappa shape index (κ2) is 10.8. The highest BCUT2D eigenvalue weighted by atomic mass is 19.4. The van der Waals surface area contributed by atoms with Crippen molar-refractivity contribution in [3.63, 3.8) is 0 Å². The van der Waals surface area contributed by atoms with Crippen LogP contribution in [0.5, 0.6) is 0 Å². The van der Waals surface area contributed by atoms with Gasteiger partial charge >= 0.3 is 12.1 Å². The average Bonchev–Trinajstić information content (AvgIpc) is 2.80. The first kappa shape index (κ1) is 27.4. The molecule has 1 saturated heterocycles. The molecule has 14 heteroatoms. The largest absolute Gasteiger partial charge is 0.452 e. The zero-order chi connectivity index (χ0) is 27.5. The van der Waals surface area contributed by atoms with Crippen LogP contribution in [0, 0.1) is 32.1 Å². The fraction of sp³-hybridized carbons (Fsp3) is 0.391. The Hall–Kier alpha value is -4.23. The van der Waals surface area contributed by atoms with Crippen LogP contribution in [0.25, 0.3) is 0 Å². The number of halogens is 3. The van der Waals surface area contributed by atoms with Crippen LogP contribution >= 0.6 is 0 Å². The molecule has 0 saturated carbocycles. The zero-order valence-electron chi connectivity index (χ0n) is 19.8. The maximum absolute atomic E-state index is 13.3. The van der Waals surface area contributed by atoms with E-state index in [1.165, 1.54) is 12.1 Å². The number of piperidine rings is 1. The van der Waals surface area contributed by atoms with Gasteiger partial charge in [-0.1, -0.05) is 13.8 Å². The Morgan fingerprint density at radius 1 is 1.05 bits per heavy atom. The number of nitrogens with one attached hydrogen (secondary N) is 1. The van der Waals surface area contributed by atoms with Gasteiger partial charge < -0.3 is 15.0 Å². The Balaban J connectivity index is 1.71. The Labute approximate surface area is 208 Å². The standard InChI is InChI=1S/C23H23F3N4O7/c1-13-7-14(2)11-28(10-13)19-6-3-15(8-20(19)30(35)36)22(32)37-12-21(31)27-18-5-4-16(29(33)34)9-17(18)23(24,25)26/h3-6,8-9,13-14H,7,10-12H2,1-2H3,(H,27,31)/t13-,14+. The number of hydrogen-bond donors (Lipinski definition) is 1. The number of carbonyl (C=O) groups excluding carboxylic acids is 2.